The molecule has 9 heteroatoms. The summed E-state index contributed by atoms with van der Waals surface area (Å²) in [6.07, 6.45) is -4.95. The minimum absolute atomic E-state index is 0.0537. The van der Waals surface area contributed by atoms with Gasteiger partial charge in [0, 0.05) is 16.7 Å². The van der Waals surface area contributed by atoms with Crippen molar-refractivity contribution in [1.29, 1.82) is 0 Å². The fraction of sp³-hybridized carbons (Fsp3) is 0.0556. The van der Waals surface area contributed by atoms with E-state index in [1.54, 1.807) is 6.07 Å². The van der Waals surface area contributed by atoms with Crippen LogP contribution in [0.1, 0.15) is 21.6 Å². The van der Waals surface area contributed by atoms with Crippen molar-refractivity contribution in [2.75, 3.05) is 0 Å². The smallest absolute Gasteiger partial charge is 0.287 e. The second-order valence-corrected chi connectivity index (χ2v) is 6.29. The highest BCUT2D eigenvalue weighted by atomic mass is 35.5. The van der Waals surface area contributed by atoms with Crippen molar-refractivity contribution in [2.24, 2.45) is 0 Å². The molecule has 3 aromatic rings. The average molecular weight is 413 g/mol. The van der Waals surface area contributed by atoms with Gasteiger partial charge >= 0.3 is 6.18 Å². The van der Waals surface area contributed by atoms with Crippen molar-refractivity contribution in [3.8, 4) is 5.69 Å². The van der Waals surface area contributed by atoms with Gasteiger partial charge in [-0.15, -0.1) is 0 Å². The van der Waals surface area contributed by atoms with E-state index in [0.29, 0.717) is 10.7 Å². The van der Waals surface area contributed by atoms with Gasteiger partial charge in [-0.1, -0.05) is 47.5 Å². The third-order valence-electron chi connectivity index (χ3n) is 3.62. The maximum absolute atomic E-state index is 13.4. The van der Waals surface area contributed by atoms with E-state index < -0.39 is 28.8 Å². The molecule has 4 nitrogen and oxygen atoms in total. The molecule has 0 aliphatic carbocycles. The number of aromatic nitrogens is 2. The number of alkyl halides is 3. The van der Waals surface area contributed by atoms with Crippen LogP contribution in [-0.2, 0) is 6.18 Å². The summed E-state index contributed by atoms with van der Waals surface area (Å²) in [5.41, 5.74) is -3.47. The normalized spacial score (nSPS) is 11.4. The molecule has 0 bridgehead atoms. The van der Waals surface area contributed by atoms with Gasteiger partial charge in [-0.2, -0.15) is 23.0 Å². The van der Waals surface area contributed by atoms with E-state index >= 15 is 0 Å². The van der Waals surface area contributed by atoms with Crippen LogP contribution in [-0.4, -0.2) is 15.6 Å². The van der Waals surface area contributed by atoms with Crippen molar-refractivity contribution < 1.29 is 18.0 Å². The van der Waals surface area contributed by atoms with E-state index in [4.69, 9.17) is 23.2 Å². The number of rotatable bonds is 3. The van der Waals surface area contributed by atoms with Crippen LogP contribution < -0.4 is 5.56 Å². The molecular formula is C18H9Cl2F3N2O2. The molecular weight excluding hydrogens is 404 g/mol. The Morgan fingerprint density at radius 3 is 2.33 bits per heavy atom. The molecule has 1 aromatic heterocycles. The lowest BCUT2D eigenvalue weighted by atomic mass is 10.0. The molecule has 0 unspecified atom stereocenters. The van der Waals surface area contributed by atoms with E-state index in [1.165, 1.54) is 42.5 Å². The lowest BCUT2D eigenvalue weighted by Crippen LogP contribution is -2.28. The summed E-state index contributed by atoms with van der Waals surface area (Å²) in [6.45, 7) is 0. The third-order valence-corrected chi connectivity index (χ3v) is 4.17. The Labute approximate surface area is 160 Å². The Morgan fingerprint density at radius 2 is 1.70 bits per heavy atom. The molecule has 0 fully saturated rings. The molecule has 0 saturated carbocycles. The van der Waals surface area contributed by atoms with Gasteiger partial charge in [0.25, 0.3) is 5.56 Å². The van der Waals surface area contributed by atoms with E-state index in [2.05, 4.69) is 5.10 Å². The minimum atomic E-state index is -4.95. The monoisotopic (exact) mass is 412 g/mol. The molecule has 0 radical (unpaired) electrons. The van der Waals surface area contributed by atoms with Crippen LogP contribution in [0.3, 0.4) is 0 Å². The van der Waals surface area contributed by atoms with Crippen molar-refractivity contribution in [1.82, 2.24) is 9.78 Å². The quantitative estimate of drug-likeness (QED) is 0.581. The zero-order valence-corrected chi connectivity index (χ0v) is 14.8. The first-order valence-corrected chi connectivity index (χ1v) is 8.21. The van der Waals surface area contributed by atoms with Crippen molar-refractivity contribution in [3.05, 3.63) is 91.8 Å². The Kier molecular flexibility index (Phi) is 5.08. The molecule has 0 amide bonds. The summed E-state index contributed by atoms with van der Waals surface area (Å²) in [5, 5.41) is 3.95. The number of para-hydroxylation sites is 1. The maximum Gasteiger partial charge on any atom is 0.418 e. The van der Waals surface area contributed by atoms with Gasteiger partial charge in [-0.3, -0.25) is 9.59 Å². The van der Waals surface area contributed by atoms with Crippen LogP contribution in [0.25, 0.3) is 5.69 Å². The second kappa shape index (κ2) is 7.17. The number of benzene rings is 2. The first-order valence-electron chi connectivity index (χ1n) is 7.45. The summed E-state index contributed by atoms with van der Waals surface area (Å²) in [6, 6.07) is 11.7. The highest BCUT2D eigenvalue weighted by molar-refractivity contribution is 6.32. The molecule has 1 heterocycles. The van der Waals surface area contributed by atoms with Crippen LogP contribution in [0, 0.1) is 0 Å². The molecule has 0 atom stereocenters. The number of carbonyl (C=O) groups is 1. The van der Waals surface area contributed by atoms with Gasteiger partial charge in [0.1, 0.15) is 5.69 Å². The zero-order chi connectivity index (χ0) is 19.8. The van der Waals surface area contributed by atoms with Crippen LogP contribution in [0.5, 0.6) is 0 Å². The van der Waals surface area contributed by atoms with Crippen LogP contribution >= 0.6 is 23.2 Å². The second-order valence-electron chi connectivity index (χ2n) is 5.45. The van der Waals surface area contributed by atoms with Crippen molar-refractivity contribution in [2.45, 2.75) is 6.18 Å². The predicted octanol–water partition coefficient (Wildman–Crippen LogP) is 4.79. The number of hydrogen-bond donors (Lipinski definition) is 0. The first kappa shape index (κ1) is 19.1. The average Bonchev–Trinajstić information content (AvgIpc) is 2.61. The Morgan fingerprint density at radius 1 is 1.00 bits per heavy atom. The standard InChI is InChI=1S/C18H9Cl2F3N2O2/c19-11-5-3-4-10(8-11)17(27)16-12(18(21,22)23)9-15(26)25(24-16)14-7-2-1-6-13(14)20/h1-9H. The number of ketones is 1. The van der Waals surface area contributed by atoms with Gasteiger partial charge in [-0.05, 0) is 24.3 Å². The molecule has 0 aliphatic rings. The molecule has 0 N–H and O–H groups in total. The molecule has 2 aromatic carbocycles. The van der Waals surface area contributed by atoms with Crippen LogP contribution in [0.2, 0.25) is 10.0 Å². The lowest BCUT2D eigenvalue weighted by molar-refractivity contribution is -0.138. The number of hydrogen-bond acceptors (Lipinski definition) is 3. The SMILES string of the molecule is O=C(c1cccc(Cl)c1)c1nn(-c2ccccc2Cl)c(=O)cc1C(F)(F)F. The fourth-order valence-electron chi connectivity index (χ4n) is 2.40. The van der Waals surface area contributed by atoms with E-state index in [-0.39, 0.29) is 21.3 Å². The Balaban J connectivity index is 2.28. The zero-order valence-electron chi connectivity index (χ0n) is 13.3. The Bertz CT molecular complexity index is 1090. The largest absolute Gasteiger partial charge is 0.418 e. The molecule has 3 rings (SSSR count). The maximum atomic E-state index is 13.4. The molecule has 0 aliphatic heterocycles. The lowest BCUT2D eigenvalue weighted by Gasteiger charge is -2.14. The summed E-state index contributed by atoms with van der Waals surface area (Å²) in [4.78, 5) is 24.9. The number of carbonyl (C=O) groups excluding carboxylic acids is 1. The summed E-state index contributed by atoms with van der Waals surface area (Å²) in [7, 11) is 0. The summed E-state index contributed by atoms with van der Waals surface area (Å²) >= 11 is 11.8. The van der Waals surface area contributed by atoms with Crippen molar-refractivity contribution in [3.63, 3.8) is 0 Å². The van der Waals surface area contributed by atoms with Crippen LogP contribution in [0.4, 0.5) is 13.2 Å². The van der Waals surface area contributed by atoms with Crippen LogP contribution in [0.15, 0.2) is 59.4 Å². The third kappa shape index (κ3) is 3.89. The van der Waals surface area contributed by atoms with E-state index in [0.717, 1.165) is 0 Å². The number of halogens is 5. The number of nitrogens with zero attached hydrogens (tertiary/aromatic N) is 2. The van der Waals surface area contributed by atoms with E-state index in [1.807, 2.05) is 0 Å². The first-order chi connectivity index (χ1) is 12.7. The van der Waals surface area contributed by atoms with Gasteiger partial charge in [0.2, 0.25) is 5.78 Å². The highest BCUT2D eigenvalue weighted by Gasteiger charge is 2.38. The van der Waals surface area contributed by atoms with E-state index in [9.17, 15) is 22.8 Å². The Hall–Kier alpha value is -2.64. The molecule has 138 valence electrons. The molecule has 0 saturated heterocycles. The topological polar surface area (TPSA) is 52.0 Å². The molecule has 27 heavy (non-hydrogen) atoms. The highest BCUT2D eigenvalue weighted by Crippen LogP contribution is 2.32. The predicted molar refractivity (Wildman–Crippen MR) is 94.7 cm³/mol. The van der Waals surface area contributed by atoms with Crippen molar-refractivity contribution >= 4 is 29.0 Å². The fourth-order valence-corrected chi connectivity index (χ4v) is 2.81. The van der Waals surface area contributed by atoms with Gasteiger partial charge in [0.15, 0.2) is 0 Å². The van der Waals surface area contributed by atoms with Gasteiger partial charge in [-0.25, -0.2) is 0 Å². The summed E-state index contributed by atoms with van der Waals surface area (Å²) in [5.74, 6) is -1.02. The van der Waals surface area contributed by atoms with Gasteiger partial charge < -0.3 is 0 Å². The molecule has 0 spiro atoms. The summed E-state index contributed by atoms with van der Waals surface area (Å²) < 4.78 is 40.9. The van der Waals surface area contributed by atoms with Gasteiger partial charge in [0.05, 0.1) is 16.3 Å². The minimum Gasteiger partial charge on any atom is -0.287 e.